The fraction of sp³-hybridized carbons (Fsp3) is 0.0667. The van der Waals surface area contributed by atoms with Gasteiger partial charge in [0.05, 0.1) is 12.6 Å². The van der Waals surface area contributed by atoms with Crippen molar-refractivity contribution in [3.05, 3.63) is 53.0 Å². The van der Waals surface area contributed by atoms with Crippen molar-refractivity contribution in [3.8, 4) is 11.3 Å². The van der Waals surface area contributed by atoms with E-state index >= 15 is 0 Å². The minimum absolute atomic E-state index is 0.0468. The number of nitrogens with one attached hydrogen (secondary N) is 1. The number of carbonyl (C=O) groups excluding carboxylic acids is 1. The van der Waals surface area contributed by atoms with Gasteiger partial charge in [-0.3, -0.25) is 4.79 Å². The molecule has 3 aromatic rings. The molecule has 0 atom stereocenters. The van der Waals surface area contributed by atoms with Gasteiger partial charge in [0.15, 0.2) is 0 Å². The van der Waals surface area contributed by atoms with Crippen molar-refractivity contribution >= 4 is 28.6 Å². The summed E-state index contributed by atoms with van der Waals surface area (Å²) in [6.45, 7) is 0. The summed E-state index contributed by atoms with van der Waals surface area (Å²) in [6, 6.07) is 9.37. The van der Waals surface area contributed by atoms with Crippen LogP contribution < -0.4 is 11.2 Å². The molecule has 0 aliphatic heterocycles. The van der Waals surface area contributed by atoms with Crippen molar-refractivity contribution in [2.45, 2.75) is 6.42 Å². The van der Waals surface area contributed by atoms with Crippen molar-refractivity contribution in [1.29, 1.82) is 0 Å². The highest BCUT2D eigenvalue weighted by Gasteiger charge is 2.07. The summed E-state index contributed by atoms with van der Waals surface area (Å²) in [7, 11) is 0. The molecule has 0 spiro atoms. The predicted molar refractivity (Wildman–Crippen MR) is 87.9 cm³/mol. The van der Waals surface area contributed by atoms with Gasteiger partial charge in [-0.05, 0) is 36.4 Å². The Balaban J connectivity index is 1.57. The Bertz CT molecular complexity index is 872. The second-order valence-electron chi connectivity index (χ2n) is 4.71. The molecule has 0 bridgehead atoms. The van der Waals surface area contributed by atoms with E-state index in [0.717, 1.165) is 16.9 Å². The molecule has 122 valence electrons. The smallest absolute Gasteiger partial charge is 0.247 e. The molecule has 0 saturated heterocycles. The molecule has 3 rings (SSSR count). The lowest BCUT2D eigenvalue weighted by molar-refractivity contribution is -0.120. The first-order valence-electron chi connectivity index (χ1n) is 6.86. The van der Waals surface area contributed by atoms with Crippen LogP contribution in [0.4, 0.5) is 9.52 Å². The number of nitrogen functional groups attached to an aromatic ring is 1. The van der Waals surface area contributed by atoms with Gasteiger partial charge in [0, 0.05) is 5.56 Å². The molecule has 0 fully saturated rings. The first-order chi connectivity index (χ1) is 11.6. The van der Waals surface area contributed by atoms with Gasteiger partial charge in [-0.1, -0.05) is 11.3 Å². The highest BCUT2D eigenvalue weighted by atomic mass is 32.1. The van der Waals surface area contributed by atoms with Crippen LogP contribution in [-0.2, 0) is 11.2 Å². The molecular formula is C15H12FN5O2S. The molecule has 1 amide bonds. The quantitative estimate of drug-likeness (QED) is 0.545. The predicted octanol–water partition coefficient (Wildman–Crippen LogP) is 2.21. The lowest BCUT2D eigenvalue weighted by Gasteiger charge is -1.96. The number of amides is 1. The van der Waals surface area contributed by atoms with E-state index in [-0.39, 0.29) is 18.1 Å². The summed E-state index contributed by atoms with van der Waals surface area (Å²) >= 11 is 1.15. The van der Waals surface area contributed by atoms with Crippen LogP contribution in [0.5, 0.6) is 0 Å². The Labute approximate surface area is 140 Å². The fourth-order valence-corrected chi connectivity index (χ4v) is 2.48. The number of anilines is 1. The summed E-state index contributed by atoms with van der Waals surface area (Å²) < 4.78 is 18.5. The molecule has 0 unspecified atom stereocenters. The third-order valence-corrected chi connectivity index (χ3v) is 3.68. The van der Waals surface area contributed by atoms with Gasteiger partial charge in [0.1, 0.15) is 22.3 Å². The first kappa shape index (κ1) is 15.8. The highest BCUT2D eigenvalue weighted by molar-refractivity contribution is 7.15. The van der Waals surface area contributed by atoms with Gasteiger partial charge >= 0.3 is 0 Å². The lowest BCUT2D eigenvalue weighted by Crippen LogP contribution is -2.19. The molecular weight excluding hydrogens is 333 g/mol. The molecule has 0 aliphatic carbocycles. The molecule has 3 N–H and O–H groups in total. The second kappa shape index (κ2) is 7.01. The molecule has 0 aliphatic rings. The maximum absolute atomic E-state index is 12.9. The van der Waals surface area contributed by atoms with Crippen molar-refractivity contribution in [2.24, 2.45) is 5.10 Å². The van der Waals surface area contributed by atoms with Crippen molar-refractivity contribution in [2.75, 3.05) is 5.73 Å². The zero-order valence-corrected chi connectivity index (χ0v) is 13.1. The Hall–Kier alpha value is -3.07. The van der Waals surface area contributed by atoms with Gasteiger partial charge in [-0.25, -0.2) is 9.82 Å². The minimum Gasteiger partial charge on any atom is -0.455 e. The number of furan rings is 1. The summed E-state index contributed by atoms with van der Waals surface area (Å²) in [6.07, 6.45) is 1.42. The van der Waals surface area contributed by atoms with Gasteiger partial charge < -0.3 is 10.2 Å². The minimum atomic E-state index is -0.340. The molecule has 2 heterocycles. The van der Waals surface area contributed by atoms with Gasteiger partial charge in [-0.15, -0.1) is 10.2 Å². The Morgan fingerprint density at radius 2 is 2.08 bits per heavy atom. The molecule has 0 radical (unpaired) electrons. The Morgan fingerprint density at radius 3 is 2.79 bits per heavy atom. The summed E-state index contributed by atoms with van der Waals surface area (Å²) in [5, 5.41) is 12.0. The van der Waals surface area contributed by atoms with E-state index in [1.807, 2.05) is 0 Å². The van der Waals surface area contributed by atoms with Crippen LogP contribution in [0.3, 0.4) is 0 Å². The lowest BCUT2D eigenvalue weighted by atomic mass is 10.2. The van der Waals surface area contributed by atoms with E-state index in [4.69, 9.17) is 10.2 Å². The molecule has 9 heteroatoms. The van der Waals surface area contributed by atoms with Gasteiger partial charge in [0.2, 0.25) is 11.0 Å². The molecule has 24 heavy (non-hydrogen) atoms. The van der Waals surface area contributed by atoms with Crippen LogP contribution in [0, 0.1) is 5.82 Å². The van der Waals surface area contributed by atoms with Crippen LogP contribution in [0.2, 0.25) is 0 Å². The van der Waals surface area contributed by atoms with E-state index in [1.165, 1.54) is 18.3 Å². The zero-order valence-electron chi connectivity index (χ0n) is 12.3. The van der Waals surface area contributed by atoms with Crippen molar-refractivity contribution < 1.29 is 13.6 Å². The average Bonchev–Trinajstić information content (AvgIpc) is 3.17. The number of hydrogen-bond acceptors (Lipinski definition) is 7. The van der Waals surface area contributed by atoms with E-state index < -0.39 is 0 Å². The molecule has 0 saturated carbocycles. The number of nitrogens with zero attached hydrogens (tertiary/aromatic N) is 3. The van der Waals surface area contributed by atoms with Crippen LogP contribution >= 0.6 is 11.3 Å². The van der Waals surface area contributed by atoms with E-state index in [1.54, 1.807) is 24.3 Å². The molecule has 7 nitrogen and oxygen atoms in total. The summed E-state index contributed by atoms with van der Waals surface area (Å²) in [5.74, 6) is 0.376. The van der Waals surface area contributed by atoms with Crippen LogP contribution in [0.1, 0.15) is 10.8 Å². The van der Waals surface area contributed by atoms with E-state index in [2.05, 4.69) is 20.7 Å². The largest absolute Gasteiger partial charge is 0.455 e. The third kappa shape index (κ3) is 4.02. The van der Waals surface area contributed by atoms with Crippen LogP contribution in [0.15, 0.2) is 45.9 Å². The maximum atomic E-state index is 12.9. The summed E-state index contributed by atoms with van der Waals surface area (Å²) in [4.78, 5) is 11.7. The van der Waals surface area contributed by atoms with Gasteiger partial charge in [-0.2, -0.15) is 5.10 Å². The van der Waals surface area contributed by atoms with Gasteiger partial charge in [0.25, 0.3) is 0 Å². The van der Waals surface area contributed by atoms with Crippen LogP contribution in [-0.4, -0.2) is 22.3 Å². The first-order valence-corrected chi connectivity index (χ1v) is 7.67. The number of hydrazone groups is 1. The topological polar surface area (TPSA) is 106 Å². The average molecular weight is 345 g/mol. The number of aromatic nitrogens is 2. The zero-order chi connectivity index (χ0) is 16.9. The number of rotatable bonds is 5. The highest BCUT2D eigenvalue weighted by Crippen LogP contribution is 2.21. The van der Waals surface area contributed by atoms with Crippen molar-refractivity contribution in [1.82, 2.24) is 15.6 Å². The normalized spacial score (nSPS) is 11.0. The second-order valence-corrected chi connectivity index (χ2v) is 5.81. The molecule has 1 aromatic carbocycles. The number of carbonyl (C=O) groups is 1. The van der Waals surface area contributed by atoms with E-state index in [9.17, 15) is 9.18 Å². The fourth-order valence-electron chi connectivity index (χ4n) is 1.87. The standard InChI is InChI=1S/C15H12FN5O2S/c16-10-3-1-9(2-4-10)12-6-5-11(23-12)8-18-19-13(22)7-14-20-21-15(17)24-14/h1-6,8H,7H2,(H2,17,21)(H,19,22)/b18-8-. The number of hydrogen-bond donors (Lipinski definition) is 2. The Kier molecular flexibility index (Phi) is 4.62. The number of halogens is 1. The number of benzene rings is 1. The van der Waals surface area contributed by atoms with Crippen LogP contribution in [0.25, 0.3) is 11.3 Å². The van der Waals surface area contributed by atoms with E-state index in [0.29, 0.717) is 21.7 Å². The third-order valence-electron chi connectivity index (χ3n) is 2.93. The van der Waals surface area contributed by atoms with Crippen molar-refractivity contribution in [3.63, 3.8) is 0 Å². The number of nitrogens with two attached hydrogens (primary N) is 1. The molecule has 2 aromatic heterocycles. The maximum Gasteiger partial charge on any atom is 0.247 e. The summed E-state index contributed by atoms with van der Waals surface area (Å²) in [5.41, 5.74) is 8.55. The monoisotopic (exact) mass is 345 g/mol. The Morgan fingerprint density at radius 1 is 1.29 bits per heavy atom. The SMILES string of the molecule is Nc1nnc(CC(=O)N/N=C\c2ccc(-c3ccc(F)cc3)o2)s1.